The van der Waals surface area contributed by atoms with Crippen molar-refractivity contribution in [3.63, 3.8) is 0 Å². The normalized spacial score (nSPS) is 10.5. The number of nitrogens with zero attached hydrogens (tertiary/aromatic N) is 5. The second-order valence-corrected chi connectivity index (χ2v) is 3.02. The van der Waals surface area contributed by atoms with Crippen LogP contribution in [-0.4, -0.2) is 17.4 Å². The lowest BCUT2D eigenvalue weighted by atomic mass is 11.0. The van der Waals surface area contributed by atoms with Gasteiger partial charge in [0.05, 0.1) is 4.52 Å². The Morgan fingerprint density at radius 2 is 2.36 bits per heavy atom. The molecule has 0 N–H and O–H groups in total. The lowest BCUT2D eigenvalue weighted by Crippen LogP contribution is -2.05. The Morgan fingerprint density at radius 3 is 2.82 bits per heavy atom. The van der Waals surface area contributed by atoms with Crippen LogP contribution in [0.5, 0.6) is 0 Å². The summed E-state index contributed by atoms with van der Waals surface area (Å²) in [6.07, 6.45) is 3.47. The van der Waals surface area contributed by atoms with Gasteiger partial charge in [-0.25, -0.2) is 8.96 Å². The highest BCUT2D eigenvalue weighted by atomic mass is 32.2. The van der Waals surface area contributed by atoms with E-state index in [9.17, 15) is 8.42 Å². The molecule has 1 aromatic heterocycles. The molecular formula is C3H3N5O2S. The van der Waals surface area contributed by atoms with Gasteiger partial charge in [-0.2, -0.15) is 8.42 Å². The SMILES string of the molecule is [N-]=[N+]=[15N]S(=O)(=O)n1ccnc1. The van der Waals surface area contributed by atoms with Crippen LogP contribution in [0.1, 0.15) is 0 Å². The molecule has 1 heterocycles. The van der Waals surface area contributed by atoms with Crippen LogP contribution >= 0.6 is 0 Å². The monoisotopic (exact) mass is 174 g/mol. The van der Waals surface area contributed by atoms with E-state index in [0.29, 0.717) is 3.97 Å². The molecule has 0 amide bonds. The Morgan fingerprint density at radius 1 is 1.64 bits per heavy atom. The summed E-state index contributed by atoms with van der Waals surface area (Å²) in [6, 6.07) is 0. The van der Waals surface area contributed by atoms with Gasteiger partial charge in [0.25, 0.3) is 0 Å². The van der Waals surface area contributed by atoms with E-state index in [1.165, 1.54) is 12.4 Å². The quantitative estimate of drug-likeness (QED) is 0.278. The molecule has 0 aromatic carbocycles. The van der Waals surface area contributed by atoms with E-state index in [2.05, 4.69) is 14.4 Å². The zero-order chi connectivity index (χ0) is 8.32. The van der Waals surface area contributed by atoms with E-state index >= 15 is 0 Å². The van der Waals surface area contributed by atoms with Crippen LogP contribution in [0.15, 0.2) is 23.2 Å². The number of imidazole rings is 1. The third-order valence-electron chi connectivity index (χ3n) is 0.886. The summed E-state index contributed by atoms with van der Waals surface area (Å²) < 4.78 is 24.9. The first-order valence-corrected chi connectivity index (χ1v) is 3.86. The van der Waals surface area contributed by atoms with Crippen molar-refractivity contribution in [1.29, 1.82) is 0 Å². The van der Waals surface area contributed by atoms with Crippen LogP contribution < -0.4 is 0 Å². The van der Waals surface area contributed by atoms with Crippen LogP contribution in [0.2, 0.25) is 0 Å². The molecule has 1 rings (SSSR count). The third-order valence-corrected chi connectivity index (χ3v) is 1.91. The van der Waals surface area contributed by atoms with Crippen LogP contribution in [0.25, 0.3) is 10.4 Å². The molecule has 0 atom stereocenters. The molecule has 0 aliphatic carbocycles. The van der Waals surface area contributed by atoms with Crippen molar-refractivity contribution in [2.24, 2.45) is 4.52 Å². The van der Waals surface area contributed by atoms with Crippen LogP contribution in [0.3, 0.4) is 0 Å². The summed E-state index contributed by atoms with van der Waals surface area (Å²) >= 11 is 0. The minimum atomic E-state index is -3.90. The second-order valence-electron chi connectivity index (χ2n) is 1.54. The molecule has 58 valence electrons. The fourth-order valence-corrected chi connectivity index (χ4v) is 1.03. The lowest BCUT2D eigenvalue weighted by Gasteiger charge is -1.92. The van der Waals surface area contributed by atoms with Gasteiger partial charge in [0.1, 0.15) is 6.33 Å². The van der Waals surface area contributed by atoms with Gasteiger partial charge in [0.15, 0.2) is 0 Å². The molecule has 0 unspecified atom stereocenters. The largest absolute Gasteiger partial charge is 0.329 e. The number of aromatic nitrogens is 2. The highest BCUT2D eigenvalue weighted by Crippen LogP contribution is 1.97. The maximum absolute atomic E-state index is 10.8. The number of hydrogen-bond acceptors (Lipinski definition) is 3. The highest BCUT2D eigenvalue weighted by molar-refractivity contribution is 7.88. The zero-order valence-corrected chi connectivity index (χ0v) is 6.01. The number of hydrogen-bond donors (Lipinski definition) is 0. The minimum Gasteiger partial charge on any atom is -0.244 e. The maximum atomic E-state index is 10.8. The van der Waals surface area contributed by atoms with E-state index in [4.69, 9.17) is 5.53 Å². The average molecular weight is 174 g/mol. The molecular weight excluding hydrogens is 171 g/mol. The summed E-state index contributed by atoms with van der Waals surface area (Å²) in [5.74, 6) is 0. The molecule has 8 heteroatoms. The van der Waals surface area contributed by atoms with Crippen LogP contribution in [0, 0.1) is 0 Å². The maximum Gasteiger partial charge on any atom is 0.329 e. The van der Waals surface area contributed by atoms with Crippen molar-refractivity contribution in [3.05, 3.63) is 29.2 Å². The first-order chi connectivity index (χ1) is 5.17. The highest BCUT2D eigenvalue weighted by Gasteiger charge is 2.07. The molecule has 11 heavy (non-hydrogen) atoms. The Kier molecular flexibility index (Phi) is 1.79. The molecule has 0 radical (unpaired) electrons. The van der Waals surface area contributed by atoms with Gasteiger partial charge in [-0.05, 0) is 5.53 Å². The first kappa shape index (κ1) is 7.58. The van der Waals surface area contributed by atoms with Crippen molar-refractivity contribution >= 4 is 10.2 Å². The van der Waals surface area contributed by atoms with Crippen molar-refractivity contribution in [1.82, 2.24) is 8.96 Å². The summed E-state index contributed by atoms with van der Waals surface area (Å²) in [4.78, 5) is 5.62. The summed E-state index contributed by atoms with van der Waals surface area (Å²) in [6.45, 7) is 0. The molecule has 0 aliphatic rings. The van der Waals surface area contributed by atoms with Gasteiger partial charge in [-0.3, -0.25) is 0 Å². The minimum absolute atomic E-state index is 0.715. The number of azide groups is 1. The molecule has 0 fully saturated rings. The topological polar surface area (TPSA) is 101 Å². The standard InChI is InChI=1S/C3H3N5O2S/c4-6-7-11(9,10)8-2-1-5-3-8/h1-3H/i7+1. The predicted molar refractivity (Wildman–Crippen MR) is 35.7 cm³/mol. The smallest absolute Gasteiger partial charge is 0.244 e. The molecule has 7 nitrogen and oxygen atoms in total. The van der Waals surface area contributed by atoms with Gasteiger partial charge in [0, 0.05) is 17.3 Å². The molecule has 0 saturated carbocycles. The molecule has 0 aliphatic heterocycles. The Balaban J connectivity index is 3.22. The van der Waals surface area contributed by atoms with E-state index in [0.717, 1.165) is 6.33 Å². The number of rotatable bonds is 2. The molecule has 1 aromatic rings. The van der Waals surface area contributed by atoms with Crippen molar-refractivity contribution in [2.45, 2.75) is 0 Å². The summed E-state index contributed by atoms with van der Waals surface area (Å²) in [5.41, 5.74) is 7.85. The molecule has 0 saturated heterocycles. The van der Waals surface area contributed by atoms with Crippen molar-refractivity contribution in [3.8, 4) is 0 Å². The average Bonchev–Trinajstić information content (AvgIpc) is 2.37. The van der Waals surface area contributed by atoms with Gasteiger partial charge >= 0.3 is 10.2 Å². The lowest BCUT2D eigenvalue weighted by molar-refractivity contribution is 0.588. The van der Waals surface area contributed by atoms with Crippen molar-refractivity contribution in [2.75, 3.05) is 0 Å². The van der Waals surface area contributed by atoms with Gasteiger partial charge < -0.3 is 0 Å². The Labute approximate surface area is 62.1 Å². The Hall–Kier alpha value is -1.53. The van der Waals surface area contributed by atoms with Gasteiger partial charge in [0.2, 0.25) is 0 Å². The first-order valence-electron chi connectivity index (χ1n) is 2.46. The fourth-order valence-electron chi connectivity index (χ4n) is 0.472. The van der Waals surface area contributed by atoms with Gasteiger partial charge in [-0.1, -0.05) is 0 Å². The molecule has 0 bridgehead atoms. The van der Waals surface area contributed by atoms with Crippen LogP contribution in [-0.2, 0) is 10.2 Å². The van der Waals surface area contributed by atoms with E-state index < -0.39 is 10.2 Å². The van der Waals surface area contributed by atoms with Gasteiger partial charge in [-0.15, -0.1) is 0 Å². The van der Waals surface area contributed by atoms with E-state index in [1.54, 1.807) is 0 Å². The zero-order valence-electron chi connectivity index (χ0n) is 5.19. The van der Waals surface area contributed by atoms with E-state index in [-0.39, 0.29) is 0 Å². The Bertz CT molecular complexity index is 372. The summed E-state index contributed by atoms with van der Waals surface area (Å²) in [5, 5.41) is 0. The van der Waals surface area contributed by atoms with Crippen LogP contribution in [0.4, 0.5) is 0 Å². The third kappa shape index (κ3) is 1.48. The molecule has 0 spiro atoms. The predicted octanol–water partition coefficient (Wildman–Crippen LogP) is 0.286. The fraction of sp³-hybridized carbons (Fsp3) is 0. The summed E-state index contributed by atoms with van der Waals surface area (Å²) in [7, 11) is -3.90. The van der Waals surface area contributed by atoms with E-state index in [1.807, 2.05) is 0 Å². The van der Waals surface area contributed by atoms with Crippen molar-refractivity contribution < 1.29 is 8.42 Å². The second kappa shape index (κ2) is 2.60.